The number of hydrogen-bond acceptors (Lipinski definition) is 3. The quantitative estimate of drug-likeness (QED) is 0.588. The molecule has 0 aliphatic carbocycles. The van der Waals surface area contributed by atoms with Gasteiger partial charge in [-0.3, -0.25) is 4.79 Å². The molecule has 0 amide bonds. The first-order valence-electron chi connectivity index (χ1n) is 4.06. The summed E-state index contributed by atoms with van der Waals surface area (Å²) in [4.78, 5) is 11.7. The van der Waals surface area contributed by atoms with Gasteiger partial charge in [-0.15, -0.1) is 11.8 Å². The van der Waals surface area contributed by atoms with Gasteiger partial charge >= 0.3 is 0 Å². The lowest BCUT2D eigenvalue weighted by molar-refractivity contribution is -0.111. The summed E-state index contributed by atoms with van der Waals surface area (Å²) < 4.78 is 5.16. The van der Waals surface area contributed by atoms with Crippen LogP contribution in [0.15, 0.2) is 23.1 Å². The maximum atomic E-state index is 10.7. The zero-order valence-electron chi connectivity index (χ0n) is 8.04. The SMILES string of the molecule is COc1ccc(CC(=O)Cl)cc1SC. The van der Waals surface area contributed by atoms with E-state index in [0.29, 0.717) is 0 Å². The van der Waals surface area contributed by atoms with E-state index >= 15 is 0 Å². The predicted molar refractivity (Wildman–Crippen MR) is 59.3 cm³/mol. The molecular formula is C10H11ClO2S. The van der Waals surface area contributed by atoms with Crippen LogP contribution in [0.4, 0.5) is 0 Å². The molecule has 0 spiro atoms. The molecule has 4 heteroatoms. The van der Waals surface area contributed by atoms with Crippen molar-refractivity contribution in [1.82, 2.24) is 0 Å². The highest BCUT2D eigenvalue weighted by Gasteiger charge is 2.05. The zero-order chi connectivity index (χ0) is 10.6. The molecule has 14 heavy (non-hydrogen) atoms. The second kappa shape index (κ2) is 5.27. The number of ether oxygens (including phenoxy) is 1. The summed E-state index contributed by atoms with van der Waals surface area (Å²) in [5, 5.41) is -0.345. The van der Waals surface area contributed by atoms with Gasteiger partial charge < -0.3 is 4.74 Å². The molecule has 0 saturated heterocycles. The van der Waals surface area contributed by atoms with Crippen LogP contribution in [-0.2, 0) is 11.2 Å². The van der Waals surface area contributed by atoms with E-state index < -0.39 is 0 Å². The number of rotatable bonds is 4. The van der Waals surface area contributed by atoms with Crippen molar-refractivity contribution in [2.24, 2.45) is 0 Å². The smallest absolute Gasteiger partial charge is 0.226 e. The zero-order valence-corrected chi connectivity index (χ0v) is 9.61. The van der Waals surface area contributed by atoms with Crippen molar-refractivity contribution in [3.63, 3.8) is 0 Å². The van der Waals surface area contributed by atoms with Crippen LogP contribution in [0.25, 0.3) is 0 Å². The molecule has 0 bridgehead atoms. The Hall–Kier alpha value is -0.670. The molecule has 0 unspecified atom stereocenters. The fourth-order valence-electron chi connectivity index (χ4n) is 1.15. The van der Waals surface area contributed by atoms with Crippen molar-refractivity contribution < 1.29 is 9.53 Å². The lowest BCUT2D eigenvalue weighted by Gasteiger charge is -2.07. The molecule has 1 rings (SSSR count). The Balaban J connectivity index is 2.95. The first-order valence-corrected chi connectivity index (χ1v) is 5.67. The van der Waals surface area contributed by atoms with Gasteiger partial charge in [-0.05, 0) is 35.6 Å². The highest BCUT2D eigenvalue weighted by Crippen LogP contribution is 2.28. The van der Waals surface area contributed by atoms with Crippen LogP contribution in [0.1, 0.15) is 5.56 Å². The van der Waals surface area contributed by atoms with Crippen molar-refractivity contribution in [2.75, 3.05) is 13.4 Å². The second-order valence-corrected chi connectivity index (χ2v) is 3.99. The van der Waals surface area contributed by atoms with Crippen molar-refractivity contribution in [1.29, 1.82) is 0 Å². The van der Waals surface area contributed by atoms with E-state index in [1.807, 2.05) is 24.5 Å². The monoisotopic (exact) mass is 230 g/mol. The van der Waals surface area contributed by atoms with Crippen LogP contribution in [-0.4, -0.2) is 18.6 Å². The minimum Gasteiger partial charge on any atom is -0.496 e. The summed E-state index contributed by atoms with van der Waals surface area (Å²) in [5.41, 5.74) is 0.912. The van der Waals surface area contributed by atoms with Gasteiger partial charge in [0, 0.05) is 11.3 Å². The highest BCUT2D eigenvalue weighted by molar-refractivity contribution is 7.98. The molecule has 0 fully saturated rings. The lowest BCUT2D eigenvalue weighted by atomic mass is 10.1. The van der Waals surface area contributed by atoms with Crippen LogP contribution in [0, 0.1) is 0 Å². The number of halogens is 1. The lowest BCUT2D eigenvalue weighted by Crippen LogP contribution is -1.94. The van der Waals surface area contributed by atoms with Gasteiger partial charge in [-0.2, -0.15) is 0 Å². The second-order valence-electron chi connectivity index (χ2n) is 2.72. The topological polar surface area (TPSA) is 26.3 Å². The number of hydrogen-bond donors (Lipinski definition) is 0. The van der Waals surface area contributed by atoms with Crippen molar-refractivity contribution in [2.45, 2.75) is 11.3 Å². The summed E-state index contributed by atoms with van der Waals surface area (Å²) in [5.74, 6) is 0.822. The Labute approximate surface area is 92.6 Å². The van der Waals surface area contributed by atoms with Gasteiger partial charge in [-0.25, -0.2) is 0 Å². The summed E-state index contributed by atoms with van der Waals surface area (Å²) in [7, 11) is 1.63. The van der Waals surface area contributed by atoms with Gasteiger partial charge in [-0.1, -0.05) is 6.07 Å². The molecule has 0 radical (unpaired) electrons. The molecule has 0 atom stereocenters. The number of carbonyl (C=O) groups is 1. The Bertz CT molecular complexity index is 339. The summed E-state index contributed by atoms with van der Waals surface area (Å²) in [6.07, 6.45) is 2.23. The van der Waals surface area contributed by atoms with E-state index in [1.165, 1.54) is 0 Å². The van der Waals surface area contributed by atoms with E-state index in [0.717, 1.165) is 16.2 Å². The van der Waals surface area contributed by atoms with E-state index in [9.17, 15) is 4.79 Å². The average molecular weight is 231 g/mol. The summed E-state index contributed by atoms with van der Waals surface area (Å²) >= 11 is 6.89. The van der Waals surface area contributed by atoms with Crippen molar-refractivity contribution in [3.8, 4) is 5.75 Å². The molecule has 0 aliphatic rings. The maximum absolute atomic E-state index is 10.7. The number of thioether (sulfide) groups is 1. The van der Waals surface area contributed by atoms with E-state index in [-0.39, 0.29) is 11.7 Å². The Kier molecular flexibility index (Phi) is 4.29. The molecule has 0 N–H and O–H groups in total. The molecular weight excluding hydrogens is 220 g/mol. The molecule has 0 heterocycles. The molecule has 0 aromatic heterocycles. The van der Waals surface area contributed by atoms with Crippen LogP contribution < -0.4 is 4.74 Å². The van der Waals surface area contributed by atoms with E-state index in [4.69, 9.17) is 16.3 Å². The highest BCUT2D eigenvalue weighted by atomic mass is 35.5. The number of carbonyl (C=O) groups excluding carboxylic acids is 1. The van der Waals surface area contributed by atoms with Crippen LogP contribution in [0.2, 0.25) is 0 Å². The van der Waals surface area contributed by atoms with Gasteiger partial charge in [0.05, 0.1) is 7.11 Å². The van der Waals surface area contributed by atoms with Gasteiger partial charge in [0.1, 0.15) is 5.75 Å². The van der Waals surface area contributed by atoms with Crippen LogP contribution in [0.5, 0.6) is 5.75 Å². The standard InChI is InChI=1S/C10H11ClO2S/c1-13-8-4-3-7(6-10(11)12)5-9(8)14-2/h3-5H,6H2,1-2H3. The number of methoxy groups -OCH3 is 1. The summed E-state index contributed by atoms with van der Waals surface area (Å²) in [6.45, 7) is 0. The molecule has 0 saturated carbocycles. The molecule has 76 valence electrons. The van der Waals surface area contributed by atoms with Crippen molar-refractivity contribution >= 4 is 28.6 Å². The fourth-order valence-corrected chi connectivity index (χ4v) is 1.93. The van der Waals surface area contributed by atoms with Gasteiger partial charge in [0.15, 0.2) is 0 Å². The Morgan fingerprint density at radius 3 is 2.79 bits per heavy atom. The Morgan fingerprint density at radius 2 is 2.29 bits per heavy atom. The third-order valence-corrected chi connectivity index (χ3v) is 2.68. The minimum atomic E-state index is -0.345. The minimum absolute atomic E-state index is 0.263. The number of benzene rings is 1. The predicted octanol–water partition coefficient (Wildman–Crippen LogP) is 2.73. The molecule has 1 aromatic rings. The third-order valence-electron chi connectivity index (χ3n) is 1.79. The van der Waals surface area contributed by atoms with Crippen molar-refractivity contribution in [3.05, 3.63) is 23.8 Å². The molecule has 0 aliphatic heterocycles. The van der Waals surface area contributed by atoms with Gasteiger partial charge in [0.25, 0.3) is 0 Å². The third kappa shape index (κ3) is 2.93. The average Bonchev–Trinajstić information content (AvgIpc) is 2.16. The first-order chi connectivity index (χ1) is 6.67. The Morgan fingerprint density at radius 1 is 1.57 bits per heavy atom. The first kappa shape index (κ1) is 11.4. The van der Waals surface area contributed by atoms with E-state index in [1.54, 1.807) is 18.9 Å². The van der Waals surface area contributed by atoms with E-state index in [2.05, 4.69) is 0 Å². The largest absolute Gasteiger partial charge is 0.496 e. The van der Waals surface area contributed by atoms with Crippen LogP contribution in [0.3, 0.4) is 0 Å². The molecule has 2 nitrogen and oxygen atoms in total. The molecule has 1 aromatic carbocycles. The summed E-state index contributed by atoms with van der Waals surface area (Å²) in [6, 6.07) is 5.61. The normalized spacial score (nSPS) is 9.93. The van der Waals surface area contributed by atoms with Crippen LogP contribution >= 0.6 is 23.4 Å². The fraction of sp³-hybridized carbons (Fsp3) is 0.300. The maximum Gasteiger partial charge on any atom is 0.226 e. The van der Waals surface area contributed by atoms with Gasteiger partial charge in [0.2, 0.25) is 5.24 Å².